The van der Waals surface area contributed by atoms with Gasteiger partial charge in [0.25, 0.3) is 11.6 Å². The molecule has 1 N–H and O–H groups in total. The molecule has 1 amide bonds. The molecule has 0 atom stereocenters. The van der Waals surface area contributed by atoms with Gasteiger partial charge in [-0.1, -0.05) is 30.3 Å². The predicted molar refractivity (Wildman–Crippen MR) is 99.8 cm³/mol. The molecule has 6 nitrogen and oxygen atoms in total. The zero-order chi connectivity index (χ0) is 18.0. The normalized spacial score (nSPS) is 17.1. The van der Waals surface area contributed by atoms with Crippen LogP contribution in [-0.2, 0) is 4.79 Å². The number of amidine groups is 1. The molecule has 0 aromatic heterocycles. The zero-order valence-electron chi connectivity index (χ0n) is 13.6. The lowest BCUT2D eigenvalue weighted by Gasteiger charge is -2.00. The quantitative estimate of drug-likeness (QED) is 0.511. The zero-order valence-corrected chi connectivity index (χ0v) is 14.5. The Bertz CT molecular complexity index is 935. The van der Waals surface area contributed by atoms with Crippen LogP contribution in [0.15, 0.2) is 52.4 Å². The summed E-state index contributed by atoms with van der Waals surface area (Å²) in [7, 11) is 0. The van der Waals surface area contributed by atoms with Crippen molar-refractivity contribution in [3.8, 4) is 0 Å². The van der Waals surface area contributed by atoms with Gasteiger partial charge in [-0.3, -0.25) is 14.9 Å². The van der Waals surface area contributed by atoms with Crippen molar-refractivity contribution in [2.24, 2.45) is 4.99 Å². The molecule has 1 aliphatic heterocycles. The SMILES string of the molecule is Cc1ccccc1N=C1NC(=O)/C(=C\c2ccc(C)c([N+](=O)[O-])c2)S1. The lowest BCUT2D eigenvalue weighted by molar-refractivity contribution is -0.385. The molecule has 0 bridgehead atoms. The molecule has 0 saturated carbocycles. The van der Waals surface area contributed by atoms with Gasteiger partial charge in [0.1, 0.15) is 0 Å². The summed E-state index contributed by atoms with van der Waals surface area (Å²) in [5.41, 5.74) is 3.02. The summed E-state index contributed by atoms with van der Waals surface area (Å²) in [6.45, 7) is 3.63. The Labute approximate surface area is 148 Å². The molecule has 0 spiro atoms. The standard InChI is InChI=1S/C18H15N3O3S/c1-11-5-3-4-6-14(11)19-18-20-17(22)16(25-18)10-13-8-7-12(2)15(9-13)21(23)24/h3-10H,1-2H3,(H,19,20,22)/b16-10+. The van der Waals surface area contributed by atoms with Gasteiger partial charge < -0.3 is 5.32 Å². The molecule has 0 unspecified atom stereocenters. The van der Waals surface area contributed by atoms with Gasteiger partial charge in [0.05, 0.1) is 15.5 Å². The fourth-order valence-electron chi connectivity index (χ4n) is 2.34. The van der Waals surface area contributed by atoms with Crippen molar-refractivity contribution in [3.05, 3.63) is 74.2 Å². The third-order valence-electron chi connectivity index (χ3n) is 3.72. The van der Waals surface area contributed by atoms with Crippen molar-refractivity contribution >= 4 is 40.3 Å². The van der Waals surface area contributed by atoms with Crippen LogP contribution < -0.4 is 5.32 Å². The number of nitrogens with zero attached hydrogens (tertiary/aromatic N) is 2. The number of nitro groups is 1. The molecule has 7 heteroatoms. The molecule has 1 saturated heterocycles. The Hall–Kier alpha value is -2.93. The average molecular weight is 353 g/mol. The van der Waals surface area contributed by atoms with Gasteiger partial charge in [-0.2, -0.15) is 0 Å². The van der Waals surface area contributed by atoms with Gasteiger partial charge in [-0.15, -0.1) is 0 Å². The smallest absolute Gasteiger partial charge is 0.272 e. The highest BCUT2D eigenvalue weighted by Crippen LogP contribution is 2.30. The van der Waals surface area contributed by atoms with Crippen LogP contribution in [0.4, 0.5) is 11.4 Å². The van der Waals surface area contributed by atoms with Gasteiger partial charge in [-0.25, -0.2) is 4.99 Å². The minimum absolute atomic E-state index is 0.0338. The first kappa shape index (κ1) is 16.9. The summed E-state index contributed by atoms with van der Waals surface area (Å²) in [6.07, 6.45) is 1.63. The maximum atomic E-state index is 12.1. The number of para-hydroxylation sites is 1. The first-order valence-corrected chi connectivity index (χ1v) is 8.36. The molecule has 1 heterocycles. The molecule has 3 rings (SSSR count). The number of hydrogen-bond acceptors (Lipinski definition) is 5. The number of amides is 1. The molecule has 1 aliphatic rings. The third-order valence-corrected chi connectivity index (χ3v) is 4.63. The number of hydrogen-bond donors (Lipinski definition) is 1. The van der Waals surface area contributed by atoms with E-state index in [1.807, 2.05) is 31.2 Å². The summed E-state index contributed by atoms with van der Waals surface area (Å²) >= 11 is 1.22. The molecule has 2 aromatic rings. The molecule has 126 valence electrons. The molecule has 2 aromatic carbocycles. The Morgan fingerprint density at radius 2 is 1.92 bits per heavy atom. The Kier molecular flexibility index (Phi) is 4.67. The number of nitro benzene ring substituents is 1. The van der Waals surface area contributed by atoms with E-state index < -0.39 is 4.92 Å². The van der Waals surface area contributed by atoms with Crippen molar-refractivity contribution in [1.29, 1.82) is 0 Å². The van der Waals surface area contributed by atoms with Crippen molar-refractivity contribution in [3.63, 3.8) is 0 Å². The van der Waals surface area contributed by atoms with Gasteiger partial charge in [0.15, 0.2) is 5.17 Å². The Morgan fingerprint density at radius 3 is 2.64 bits per heavy atom. The summed E-state index contributed by atoms with van der Waals surface area (Å²) in [4.78, 5) is 27.7. The second-order valence-corrected chi connectivity index (χ2v) is 6.60. The summed E-state index contributed by atoms with van der Waals surface area (Å²) in [5, 5.41) is 14.3. The van der Waals surface area contributed by atoms with Crippen molar-refractivity contribution in [2.75, 3.05) is 0 Å². The monoisotopic (exact) mass is 353 g/mol. The van der Waals surface area contributed by atoms with Crippen LogP contribution >= 0.6 is 11.8 Å². The van der Waals surface area contributed by atoms with Crippen LogP contribution in [-0.4, -0.2) is 16.0 Å². The summed E-state index contributed by atoms with van der Waals surface area (Å²) in [5.74, 6) is -0.263. The van der Waals surface area contributed by atoms with Crippen LogP contribution in [0, 0.1) is 24.0 Å². The molecule has 0 aliphatic carbocycles. The second kappa shape index (κ2) is 6.90. The highest BCUT2D eigenvalue weighted by molar-refractivity contribution is 8.18. The fraction of sp³-hybridized carbons (Fsp3) is 0.111. The van der Waals surface area contributed by atoms with E-state index in [2.05, 4.69) is 10.3 Å². The van der Waals surface area contributed by atoms with Crippen LogP contribution in [0.2, 0.25) is 0 Å². The molecule has 0 radical (unpaired) electrons. The number of rotatable bonds is 3. The number of aryl methyl sites for hydroxylation is 2. The van der Waals surface area contributed by atoms with E-state index >= 15 is 0 Å². The maximum Gasteiger partial charge on any atom is 0.272 e. The topological polar surface area (TPSA) is 84.6 Å². The van der Waals surface area contributed by atoms with Crippen molar-refractivity contribution in [2.45, 2.75) is 13.8 Å². The number of thioether (sulfide) groups is 1. The number of carbonyl (C=O) groups excluding carboxylic acids is 1. The lowest BCUT2D eigenvalue weighted by Crippen LogP contribution is -2.19. The van der Waals surface area contributed by atoms with E-state index in [1.165, 1.54) is 17.8 Å². The van der Waals surface area contributed by atoms with E-state index in [9.17, 15) is 14.9 Å². The highest BCUT2D eigenvalue weighted by Gasteiger charge is 2.24. The third kappa shape index (κ3) is 3.77. The number of benzene rings is 2. The number of aliphatic imine (C=N–C) groups is 1. The number of carbonyl (C=O) groups is 1. The minimum atomic E-state index is -0.426. The van der Waals surface area contributed by atoms with E-state index in [0.717, 1.165) is 11.3 Å². The van der Waals surface area contributed by atoms with E-state index in [1.54, 1.807) is 25.1 Å². The predicted octanol–water partition coefficient (Wildman–Crippen LogP) is 4.10. The van der Waals surface area contributed by atoms with Crippen LogP contribution in [0.3, 0.4) is 0 Å². The first-order valence-electron chi connectivity index (χ1n) is 7.54. The van der Waals surface area contributed by atoms with Gasteiger partial charge in [-0.05, 0) is 48.9 Å². The average Bonchev–Trinajstić information content (AvgIpc) is 2.90. The highest BCUT2D eigenvalue weighted by atomic mass is 32.2. The fourth-order valence-corrected chi connectivity index (χ4v) is 3.18. The lowest BCUT2D eigenvalue weighted by atomic mass is 10.1. The van der Waals surface area contributed by atoms with E-state index in [4.69, 9.17) is 0 Å². The molecule has 1 fully saturated rings. The largest absolute Gasteiger partial charge is 0.300 e. The van der Waals surface area contributed by atoms with Crippen LogP contribution in [0.1, 0.15) is 16.7 Å². The van der Waals surface area contributed by atoms with E-state index in [-0.39, 0.29) is 11.6 Å². The number of nitrogens with one attached hydrogen (secondary N) is 1. The summed E-state index contributed by atoms with van der Waals surface area (Å²) < 4.78 is 0. The van der Waals surface area contributed by atoms with E-state index in [0.29, 0.717) is 21.2 Å². The first-order chi connectivity index (χ1) is 11.9. The van der Waals surface area contributed by atoms with Crippen molar-refractivity contribution in [1.82, 2.24) is 5.32 Å². The van der Waals surface area contributed by atoms with Crippen LogP contribution in [0.25, 0.3) is 6.08 Å². The van der Waals surface area contributed by atoms with Gasteiger partial charge >= 0.3 is 0 Å². The minimum Gasteiger partial charge on any atom is -0.300 e. The molecular formula is C18H15N3O3S. The second-order valence-electron chi connectivity index (χ2n) is 5.57. The molecular weight excluding hydrogens is 338 g/mol. The summed E-state index contributed by atoms with van der Waals surface area (Å²) in [6, 6.07) is 12.5. The van der Waals surface area contributed by atoms with Gasteiger partial charge in [0, 0.05) is 11.6 Å². The maximum absolute atomic E-state index is 12.1. The Morgan fingerprint density at radius 1 is 1.16 bits per heavy atom. The van der Waals surface area contributed by atoms with Gasteiger partial charge in [0.2, 0.25) is 0 Å². The Balaban J connectivity index is 1.88. The van der Waals surface area contributed by atoms with Crippen molar-refractivity contribution < 1.29 is 9.72 Å². The van der Waals surface area contributed by atoms with Crippen LogP contribution in [0.5, 0.6) is 0 Å². The molecule has 25 heavy (non-hydrogen) atoms.